The smallest absolute Gasteiger partial charge is 0.182 e. The maximum absolute atomic E-state index is 12.9. The molecule has 0 saturated heterocycles. The Morgan fingerprint density at radius 1 is 1.38 bits per heavy atom. The molecule has 0 amide bonds. The molecule has 0 aliphatic heterocycles. The van der Waals surface area contributed by atoms with E-state index in [2.05, 4.69) is 39.2 Å². The van der Waals surface area contributed by atoms with Gasteiger partial charge in [0.25, 0.3) is 0 Å². The quantitative estimate of drug-likeness (QED) is 0.538. The number of allylic oxidation sites excluding steroid dienone is 7. The first-order valence-electron chi connectivity index (χ1n) is 10.0. The van der Waals surface area contributed by atoms with Crippen LogP contribution in [0.4, 0.5) is 0 Å². The van der Waals surface area contributed by atoms with Crippen LogP contribution in [0, 0.1) is 17.3 Å². The summed E-state index contributed by atoms with van der Waals surface area (Å²) in [7, 11) is 0. The molecule has 0 unspecified atom stereocenters. The molecule has 1 N–H and O–H groups in total. The van der Waals surface area contributed by atoms with Gasteiger partial charge >= 0.3 is 0 Å². The van der Waals surface area contributed by atoms with Gasteiger partial charge in [-0.15, -0.1) is 6.58 Å². The number of hydrogen-bond acceptors (Lipinski definition) is 2. The van der Waals surface area contributed by atoms with Crippen LogP contribution >= 0.6 is 0 Å². The fourth-order valence-corrected chi connectivity index (χ4v) is 5.21. The van der Waals surface area contributed by atoms with Crippen LogP contribution in [0.1, 0.15) is 58.8 Å². The molecule has 2 nitrogen and oxygen atoms in total. The zero-order chi connectivity index (χ0) is 18.9. The standard InChI is InChI=1S/C24H32O2/c1-5-13-24-17(4)21(14-18-9-11-19(12-10-18)16(2)3)22(25)15-20(24)7-6-8-23(24)26/h5,9,14-15,17,19,23,26H,1-2,6-8,10-13H2,3-4H3/t17-,19+,23-,24-/m0/s1. The Labute approximate surface area is 158 Å². The first-order valence-corrected chi connectivity index (χ1v) is 10.0. The largest absolute Gasteiger partial charge is 0.392 e. The summed E-state index contributed by atoms with van der Waals surface area (Å²) >= 11 is 0. The third-order valence-corrected chi connectivity index (χ3v) is 6.91. The Morgan fingerprint density at radius 2 is 2.15 bits per heavy atom. The van der Waals surface area contributed by atoms with Gasteiger partial charge in [-0.3, -0.25) is 4.79 Å². The van der Waals surface area contributed by atoms with Gasteiger partial charge < -0.3 is 5.11 Å². The second kappa shape index (κ2) is 7.52. The van der Waals surface area contributed by atoms with Crippen molar-refractivity contribution >= 4 is 5.78 Å². The summed E-state index contributed by atoms with van der Waals surface area (Å²) in [6.45, 7) is 12.2. The van der Waals surface area contributed by atoms with E-state index in [0.717, 1.165) is 56.1 Å². The zero-order valence-corrected chi connectivity index (χ0v) is 16.3. The van der Waals surface area contributed by atoms with Crippen molar-refractivity contribution in [2.24, 2.45) is 17.3 Å². The molecule has 1 fully saturated rings. The summed E-state index contributed by atoms with van der Waals surface area (Å²) in [6, 6.07) is 0. The average molecular weight is 353 g/mol. The van der Waals surface area contributed by atoms with E-state index in [1.54, 1.807) is 0 Å². The van der Waals surface area contributed by atoms with E-state index in [1.807, 2.05) is 12.2 Å². The molecule has 0 bridgehead atoms. The molecule has 3 aliphatic rings. The van der Waals surface area contributed by atoms with Gasteiger partial charge in [0, 0.05) is 11.0 Å². The summed E-state index contributed by atoms with van der Waals surface area (Å²) in [6.07, 6.45) is 14.2. The molecule has 3 aliphatic carbocycles. The number of aliphatic hydroxyl groups excluding tert-OH is 1. The maximum atomic E-state index is 12.9. The van der Waals surface area contributed by atoms with E-state index in [9.17, 15) is 9.90 Å². The molecule has 26 heavy (non-hydrogen) atoms. The summed E-state index contributed by atoms with van der Waals surface area (Å²) < 4.78 is 0. The van der Waals surface area contributed by atoms with E-state index in [-0.39, 0.29) is 17.1 Å². The van der Waals surface area contributed by atoms with Gasteiger partial charge in [-0.1, -0.05) is 48.5 Å². The third kappa shape index (κ3) is 3.20. The third-order valence-electron chi connectivity index (χ3n) is 6.91. The molecule has 0 heterocycles. The highest BCUT2D eigenvalue weighted by Crippen LogP contribution is 2.54. The van der Waals surface area contributed by atoms with Crippen LogP contribution in [0.15, 0.2) is 59.8 Å². The van der Waals surface area contributed by atoms with E-state index < -0.39 is 6.10 Å². The lowest BCUT2D eigenvalue weighted by Crippen LogP contribution is -2.48. The van der Waals surface area contributed by atoms with Crippen molar-refractivity contribution in [1.29, 1.82) is 0 Å². The molecule has 0 aromatic rings. The minimum absolute atomic E-state index is 0.0167. The molecule has 3 rings (SSSR count). The second-order valence-electron chi connectivity index (χ2n) is 8.39. The van der Waals surface area contributed by atoms with Crippen molar-refractivity contribution in [3.63, 3.8) is 0 Å². The van der Waals surface area contributed by atoms with Crippen molar-refractivity contribution in [2.75, 3.05) is 0 Å². The lowest BCUT2D eigenvalue weighted by molar-refractivity contribution is -0.114. The summed E-state index contributed by atoms with van der Waals surface area (Å²) in [4.78, 5) is 12.9. The zero-order valence-electron chi connectivity index (χ0n) is 16.3. The number of aliphatic hydroxyl groups is 1. The summed E-state index contributed by atoms with van der Waals surface area (Å²) in [5.41, 5.74) is 4.14. The Hall–Kier alpha value is -1.67. The fraction of sp³-hybridized carbons (Fsp3) is 0.542. The summed E-state index contributed by atoms with van der Waals surface area (Å²) in [5, 5.41) is 10.9. The van der Waals surface area contributed by atoms with Crippen LogP contribution in [0.5, 0.6) is 0 Å². The molecule has 0 spiro atoms. The van der Waals surface area contributed by atoms with Gasteiger partial charge in [0.15, 0.2) is 5.78 Å². The van der Waals surface area contributed by atoms with Crippen LogP contribution in [-0.4, -0.2) is 17.0 Å². The monoisotopic (exact) mass is 352 g/mol. The van der Waals surface area contributed by atoms with Crippen molar-refractivity contribution in [2.45, 2.75) is 64.9 Å². The number of carbonyl (C=O) groups excluding carboxylic acids is 1. The Bertz CT molecular complexity index is 706. The maximum Gasteiger partial charge on any atom is 0.182 e. The van der Waals surface area contributed by atoms with E-state index in [1.165, 1.54) is 11.1 Å². The number of carbonyl (C=O) groups is 1. The average Bonchev–Trinajstić information content (AvgIpc) is 2.61. The SMILES string of the molecule is C=CC[C@@]12C(=CC(=O)C(=CC3=CC[C@@H](C(=C)C)CC3)[C@@H]1C)CCC[C@@H]2O. The molecular formula is C24H32O2. The normalized spacial score (nSPS) is 36.2. The molecule has 0 radical (unpaired) electrons. The first-order chi connectivity index (χ1) is 12.4. The van der Waals surface area contributed by atoms with Crippen LogP contribution in [-0.2, 0) is 4.79 Å². The molecule has 1 saturated carbocycles. The molecule has 140 valence electrons. The number of rotatable bonds is 4. The molecular weight excluding hydrogens is 320 g/mol. The van der Waals surface area contributed by atoms with Gasteiger partial charge in [-0.25, -0.2) is 0 Å². The topological polar surface area (TPSA) is 37.3 Å². The van der Waals surface area contributed by atoms with Crippen molar-refractivity contribution in [1.82, 2.24) is 0 Å². The van der Waals surface area contributed by atoms with Gasteiger partial charge in [-0.2, -0.15) is 0 Å². The molecule has 4 atom stereocenters. The lowest BCUT2D eigenvalue weighted by atomic mass is 9.55. The van der Waals surface area contributed by atoms with Crippen LogP contribution < -0.4 is 0 Å². The van der Waals surface area contributed by atoms with Crippen LogP contribution in [0.25, 0.3) is 0 Å². The summed E-state index contributed by atoms with van der Waals surface area (Å²) in [5.74, 6) is 0.711. The highest BCUT2D eigenvalue weighted by atomic mass is 16.3. The first kappa shape index (κ1) is 19.1. The highest BCUT2D eigenvalue weighted by molar-refractivity contribution is 6.06. The van der Waals surface area contributed by atoms with Crippen molar-refractivity contribution in [3.8, 4) is 0 Å². The minimum atomic E-state index is -0.403. The van der Waals surface area contributed by atoms with Gasteiger partial charge in [-0.05, 0) is 69.8 Å². The Kier molecular flexibility index (Phi) is 5.53. The van der Waals surface area contributed by atoms with Crippen LogP contribution in [0.2, 0.25) is 0 Å². The van der Waals surface area contributed by atoms with Gasteiger partial charge in [0.05, 0.1) is 6.10 Å². The molecule has 2 heteroatoms. The van der Waals surface area contributed by atoms with Crippen LogP contribution in [0.3, 0.4) is 0 Å². The minimum Gasteiger partial charge on any atom is -0.392 e. The molecule has 0 aromatic carbocycles. The predicted octanol–water partition coefficient (Wildman–Crippen LogP) is 5.47. The van der Waals surface area contributed by atoms with Gasteiger partial charge in [0.2, 0.25) is 0 Å². The Morgan fingerprint density at radius 3 is 2.77 bits per heavy atom. The molecule has 0 aromatic heterocycles. The lowest BCUT2D eigenvalue weighted by Gasteiger charge is -2.50. The fourth-order valence-electron chi connectivity index (χ4n) is 5.21. The van der Waals surface area contributed by atoms with E-state index in [0.29, 0.717) is 5.92 Å². The Balaban J connectivity index is 1.96. The highest BCUT2D eigenvalue weighted by Gasteiger charge is 2.51. The van der Waals surface area contributed by atoms with Crippen molar-refractivity contribution < 1.29 is 9.90 Å². The van der Waals surface area contributed by atoms with Crippen molar-refractivity contribution in [3.05, 3.63) is 59.8 Å². The van der Waals surface area contributed by atoms with E-state index in [4.69, 9.17) is 0 Å². The van der Waals surface area contributed by atoms with Gasteiger partial charge in [0.1, 0.15) is 0 Å². The van der Waals surface area contributed by atoms with E-state index >= 15 is 0 Å². The number of fused-ring (bicyclic) bond motifs is 1. The second-order valence-corrected chi connectivity index (χ2v) is 8.39. The number of ketones is 1. The number of hydrogen-bond donors (Lipinski definition) is 1. The predicted molar refractivity (Wildman–Crippen MR) is 108 cm³/mol.